The van der Waals surface area contributed by atoms with E-state index in [1.165, 1.54) is 22.7 Å². The van der Waals surface area contributed by atoms with E-state index in [1.807, 2.05) is 12.1 Å². The summed E-state index contributed by atoms with van der Waals surface area (Å²) in [5.74, 6) is -0.129. The van der Waals surface area contributed by atoms with E-state index in [9.17, 15) is 13.2 Å². The highest BCUT2D eigenvalue weighted by Crippen LogP contribution is 2.17. The van der Waals surface area contributed by atoms with E-state index in [2.05, 4.69) is 21.2 Å². The molecule has 0 atom stereocenters. The molecule has 0 aromatic heterocycles. The van der Waals surface area contributed by atoms with Crippen molar-refractivity contribution in [2.24, 2.45) is 0 Å². The van der Waals surface area contributed by atoms with Crippen LogP contribution in [0.5, 0.6) is 0 Å². The Hall–Kier alpha value is -0.960. The van der Waals surface area contributed by atoms with E-state index < -0.39 is 10.2 Å². The highest BCUT2D eigenvalue weighted by molar-refractivity contribution is 9.10. The Kier molecular flexibility index (Phi) is 5.60. The van der Waals surface area contributed by atoms with Gasteiger partial charge in [0.05, 0.1) is 0 Å². The monoisotopic (exact) mass is 389 g/mol. The van der Waals surface area contributed by atoms with Gasteiger partial charge in [0, 0.05) is 43.3 Å². The largest absolute Gasteiger partial charge is 0.349 e. The highest BCUT2D eigenvalue weighted by atomic mass is 79.9. The summed E-state index contributed by atoms with van der Waals surface area (Å²) in [5.41, 5.74) is 0.595. The molecule has 0 bridgehead atoms. The van der Waals surface area contributed by atoms with Crippen molar-refractivity contribution in [1.29, 1.82) is 0 Å². The zero-order chi connectivity index (χ0) is 16.3. The van der Waals surface area contributed by atoms with E-state index in [0.29, 0.717) is 31.5 Å². The van der Waals surface area contributed by atoms with Crippen molar-refractivity contribution < 1.29 is 13.2 Å². The van der Waals surface area contributed by atoms with Gasteiger partial charge in [-0.1, -0.05) is 22.0 Å². The minimum atomic E-state index is -3.36. The summed E-state index contributed by atoms with van der Waals surface area (Å²) in [6.45, 7) is 0.841. The van der Waals surface area contributed by atoms with E-state index in [-0.39, 0.29) is 11.9 Å². The van der Waals surface area contributed by atoms with Crippen LogP contribution in [0.1, 0.15) is 23.2 Å². The van der Waals surface area contributed by atoms with Gasteiger partial charge in [-0.3, -0.25) is 4.79 Å². The quantitative estimate of drug-likeness (QED) is 0.846. The lowest BCUT2D eigenvalue weighted by Crippen LogP contribution is -2.49. The van der Waals surface area contributed by atoms with Crippen molar-refractivity contribution in [3.63, 3.8) is 0 Å². The molecule has 8 heteroatoms. The van der Waals surface area contributed by atoms with Crippen molar-refractivity contribution in [1.82, 2.24) is 13.9 Å². The number of carbonyl (C=O) groups excluding carboxylic acids is 1. The number of nitrogens with zero attached hydrogens (tertiary/aromatic N) is 2. The first kappa shape index (κ1) is 17.4. The average molecular weight is 390 g/mol. The van der Waals surface area contributed by atoms with Crippen LogP contribution in [-0.2, 0) is 10.2 Å². The van der Waals surface area contributed by atoms with Crippen molar-refractivity contribution in [2.45, 2.75) is 18.9 Å². The van der Waals surface area contributed by atoms with Gasteiger partial charge in [-0.05, 0) is 31.0 Å². The maximum Gasteiger partial charge on any atom is 0.281 e. The Bertz CT molecular complexity index is 640. The molecule has 0 radical (unpaired) electrons. The molecule has 0 unspecified atom stereocenters. The van der Waals surface area contributed by atoms with Crippen LogP contribution < -0.4 is 5.32 Å². The molecule has 0 saturated carbocycles. The zero-order valence-corrected chi connectivity index (χ0v) is 15.0. The number of carbonyl (C=O) groups is 1. The first-order valence-electron chi connectivity index (χ1n) is 7.05. The van der Waals surface area contributed by atoms with Crippen LogP contribution in [0.15, 0.2) is 28.7 Å². The second kappa shape index (κ2) is 7.08. The van der Waals surface area contributed by atoms with Gasteiger partial charge in [0.2, 0.25) is 0 Å². The van der Waals surface area contributed by atoms with Gasteiger partial charge in [-0.15, -0.1) is 0 Å². The normalized spacial score (nSPS) is 17.6. The van der Waals surface area contributed by atoms with E-state index in [1.54, 1.807) is 12.1 Å². The molecule has 6 nitrogen and oxygen atoms in total. The molecule has 1 aromatic rings. The summed E-state index contributed by atoms with van der Waals surface area (Å²) >= 11 is 3.34. The van der Waals surface area contributed by atoms with Crippen LogP contribution in [0.2, 0.25) is 0 Å². The average Bonchev–Trinajstić information content (AvgIpc) is 2.47. The molecule has 2 rings (SSSR count). The van der Waals surface area contributed by atoms with Gasteiger partial charge in [0.25, 0.3) is 16.1 Å². The highest BCUT2D eigenvalue weighted by Gasteiger charge is 2.30. The molecule has 22 heavy (non-hydrogen) atoms. The lowest BCUT2D eigenvalue weighted by atomic mass is 10.1. The first-order valence-corrected chi connectivity index (χ1v) is 9.23. The molecule has 1 N–H and O–H groups in total. The molecular formula is C14H20BrN3O3S. The summed E-state index contributed by atoms with van der Waals surface area (Å²) in [6.07, 6.45) is 1.24. The number of hydrogen-bond acceptors (Lipinski definition) is 3. The fourth-order valence-electron chi connectivity index (χ4n) is 2.36. The summed E-state index contributed by atoms with van der Waals surface area (Å²) in [7, 11) is -0.313. The Morgan fingerprint density at radius 1 is 1.32 bits per heavy atom. The first-order chi connectivity index (χ1) is 10.3. The summed E-state index contributed by atoms with van der Waals surface area (Å²) < 4.78 is 27.6. The third-order valence-electron chi connectivity index (χ3n) is 3.66. The molecule has 122 valence electrons. The Balaban J connectivity index is 1.92. The zero-order valence-electron chi connectivity index (χ0n) is 12.6. The van der Waals surface area contributed by atoms with Gasteiger partial charge < -0.3 is 5.32 Å². The smallest absolute Gasteiger partial charge is 0.281 e. The number of nitrogens with one attached hydrogen (secondary N) is 1. The summed E-state index contributed by atoms with van der Waals surface area (Å²) in [6, 6.07) is 7.19. The summed E-state index contributed by atoms with van der Waals surface area (Å²) in [4.78, 5) is 12.2. The predicted molar refractivity (Wildman–Crippen MR) is 88.8 cm³/mol. The molecule has 0 spiro atoms. The lowest BCUT2D eigenvalue weighted by molar-refractivity contribution is 0.0923. The predicted octanol–water partition coefficient (Wildman–Crippen LogP) is 1.45. The Labute approximate surface area is 139 Å². The molecular weight excluding hydrogens is 370 g/mol. The van der Waals surface area contributed by atoms with Crippen molar-refractivity contribution >= 4 is 32.0 Å². The van der Waals surface area contributed by atoms with E-state index in [4.69, 9.17) is 0 Å². The van der Waals surface area contributed by atoms with Gasteiger partial charge >= 0.3 is 0 Å². The third-order valence-corrected chi connectivity index (χ3v) is 6.10. The lowest BCUT2D eigenvalue weighted by Gasteiger charge is -2.33. The topological polar surface area (TPSA) is 69.7 Å². The second-order valence-electron chi connectivity index (χ2n) is 5.45. The number of hydrogen-bond donors (Lipinski definition) is 1. The van der Waals surface area contributed by atoms with Crippen LogP contribution in [0.3, 0.4) is 0 Å². The van der Waals surface area contributed by atoms with Crippen LogP contribution in [-0.4, -0.2) is 56.2 Å². The van der Waals surface area contributed by atoms with Gasteiger partial charge in [0.1, 0.15) is 0 Å². The van der Waals surface area contributed by atoms with Crippen LogP contribution >= 0.6 is 15.9 Å². The number of halogens is 1. The standard InChI is InChI=1S/C14H20BrN3O3S/c1-17(2)22(20,21)18-8-6-13(7-9-18)16-14(19)11-4-3-5-12(15)10-11/h3-5,10,13H,6-9H2,1-2H3,(H,16,19). The van der Waals surface area contributed by atoms with Crippen molar-refractivity contribution in [3.8, 4) is 0 Å². The SMILES string of the molecule is CN(C)S(=O)(=O)N1CCC(NC(=O)c2cccc(Br)c2)CC1. The van der Waals surface area contributed by atoms with Gasteiger partial charge in [-0.25, -0.2) is 0 Å². The minimum absolute atomic E-state index is 0.0000869. The number of amides is 1. The fourth-order valence-corrected chi connectivity index (χ4v) is 3.89. The molecule has 1 heterocycles. The van der Waals surface area contributed by atoms with E-state index in [0.717, 1.165) is 4.47 Å². The fraction of sp³-hybridized carbons (Fsp3) is 0.500. The molecule has 1 saturated heterocycles. The van der Waals surface area contributed by atoms with Crippen LogP contribution in [0, 0.1) is 0 Å². The second-order valence-corrected chi connectivity index (χ2v) is 8.51. The molecule has 1 aromatic carbocycles. The number of piperidine rings is 1. The Morgan fingerprint density at radius 3 is 2.50 bits per heavy atom. The third kappa shape index (κ3) is 4.07. The maximum absolute atomic E-state index is 12.2. The van der Waals surface area contributed by atoms with Crippen molar-refractivity contribution in [2.75, 3.05) is 27.2 Å². The minimum Gasteiger partial charge on any atom is -0.349 e. The van der Waals surface area contributed by atoms with Crippen LogP contribution in [0.4, 0.5) is 0 Å². The van der Waals surface area contributed by atoms with E-state index >= 15 is 0 Å². The molecule has 1 aliphatic heterocycles. The Morgan fingerprint density at radius 2 is 1.95 bits per heavy atom. The molecule has 1 fully saturated rings. The number of benzene rings is 1. The molecule has 1 aliphatic rings. The van der Waals surface area contributed by atoms with Crippen LogP contribution in [0.25, 0.3) is 0 Å². The van der Waals surface area contributed by atoms with Gasteiger partial charge in [0.15, 0.2) is 0 Å². The van der Waals surface area contributed by atoms with Gasteiger partial charge in [-0.2, -0.15) is 17.0 Å². The number of rotatable bonds is 4. The van der Waals surface area contributed by atoms with Crippen molar-refractivity contribution in [3.05, 3.63) is 34.3 Å². The molecule has 1 amide bonds. The maximum atomic E-state index is 12.2. The molecule has 0 aliphatic carbocycles. The summed E-state index contributed by atoms with van der Waals surface area (Å²) in [5, 5.41) is 2.97.